The van der Waals surface area contributed by atoms with E-state index in [1.165, 1.54) is 0 Å². The first-order chi connectivity index (χ1) is 17.3. The number of anilines is 1. The highest BCUT2D eigenvalue weighted by Crippen LogP contribution is 2.37. The van der Waals surface area contributed by atoms with Crippen molar-refractivity contribution in [3.63, 3.8) is 0 Å². The van der Waals surface area contributed by atoms with Crippen molar-refractivity contribution in [2.75, 3.05) is 25.7 Å². The monoisotopic (exact) mass is 492 g/mol. The molecule has 0 aliphatic carbocycles. The van der Waals surface area contributed by atoms with Crippen LogP contribution in [0.4, 0.5) is 5.69 Å². The number of benzene rings is 2. The third-order valence-corrected chi connectivity index (χ3v) is 7.10. The smallest absolute Gasteiger partial charge is 0.256 e. The first-order valence-electron chi connectivity index (χ1n) is 12.5. The van der Waals surface area contributed by atoms with E-state index in [1.54, 1.807) is 18.0 Å². The summed E-state index contributed by atoms with van der Waals surface area (Å²) in [6.45, 7) is 4.74. The van der Waals surface area contributed by atoms with Crippen LogP contribution in [0.25, 0.3) is 11.1 Å². The van der Waals surface area contributed by atoms with Crippen molar-refractivity contribution < 1.29 is 23.9 Å². The van der Waals surface area contributed by atoms with Crippen molar-refractivity contribution in [2.45, 2.75) is 51.2 Å². The SMILES string of the molecule is CNC(CC(C)C)C(=O)NC1CCN2C(=O)c3cc(-c4ccc5c(c4)OCO5)ccc3NC(=O)C2C1. The van der Waals surface area contributed by atoms with Crippen LogP contribution in [0.3, 0.4) is 0 Å². The molecule has 3 atom stereocenters. The standard InChI is InChI=1S/C27H32N4O5/c1-15(2)10-21(28-3)25(32)29-18-8-9-31-22(13-18)26(33)30-20-6-4-16(11-19(20)27(31)34)17-5-7-23-24(12-17)36-14-35-23/h4-7,11-12,15,18,21-22,28H,8-10,13-14H2,1-3H3,(H,29,32)(H,30,33). The lowest BCUT2D eigenvalue weighted by atomic mass is 9.95. The molecule has 0 radical (unpaired) electrons. The van der Waals surface area contributed by atoms with Crippen molar-refractivity contribution in [2.24, 2.45) is 5.92 Å². The lowest BCUT2D eigenvalue weighted by molar-refractivity contribution is -0.126. The van der Waals surface area contributed by atoms with Crippen LogP contribution in [0.1, 0.15) is 43.5 Å². The quantitative estimate of drug-likeness (QED) is 0.572. The van der Waals surface area contributed by atoms with Crippen molar-refractivity contribution in [1.29, 1.82) is 0 Å². The van der Waals surface area contributed by atoms with E-state index in [2.05, 4.69) is 29.8 Å². The van der Waals surface area contributed by atoms with Gasteiger partial charge in [-0.2, -0.15) is 0 Å². The zero-order valence-electron chi connectivity index (χ0n) is 20.8. The second kappa shape index (κ2) is 9.81. The van der Waals surface area contributed by atoms with Gasteiger partial charge in [-0.3, -0.25) is 14.4 Å². The molecule has 1 fully saturated rings. The number of ether oxygens (including phenoxy) is 2. The number of rotatable bonds is 6. The van der Waals surface area contributed by atoms with Gasteiger partial charge in [-0.1, -0.05) is 26.0 Å². The van der Waals surface area contributed by atoms with Gasteiger partial charge in [0.2, 0.25) is 18.6 Å². The molecule has 0 bridgehead atoms. The van der Waals surface area contributed by atoms with E-state index in [4.69, 9.17) is 9.47 Å². The molecule has 0 saturated carbocycles. The molecule has 1 saturated heterocycles. The van der Waals surface area contributed by atoms with Crippen LogP contribution in [-0.2, 0) is 9.59 Å². The van der Waals surface area contributed by atoms with Gasteiger partial charge in [-0.15, -0.1) is 0 Å². The normalized spacial score (nSPS) is 21.4. The van der Waals surface area contributed by atoms with E-state index in [0.29, 0.717) is 48.1 Å². The molecule has 190 valence electrons. The van der Waals surface area contributed by atoms with E-state index in [0.717, 1.165) is 17.5 Å². The van der Waals surface area contributed by atoms with Crippen LogP contribution in [0.5, 0.6) is 11.5 Å². The Balaban J connectivity index is 1.34. The lowest BCUT2D eigenvalue weighted by Gasteiger charge is -2.37. The second-order valence-corrected chi connectivity index (χ2v) is 10.0. The van der Waals surface area contributed by atoms with Crippen molar-refractivity contribution in [1.82, 2.24) is 15.5 Å². The van der Waals surface area contributed by atoms with Crippen LogP contribution in [0, 0.1) is 5.92 Å². The molecule has 3 heterocycles. The van der Waals surface area contributed by atoms with Gasteiger partial charge in [0.1, 0.15) is 6.04 Å². The van der Waals surface area contributed by atoms with Gasteiger partial charge in [-0.05, 0) is 67.6 Å². The maximum Gasteiger partial charge on any atom is 0.256 e. The zero-order chi connectivity index (χ0) is 25.4. The molecular formula is C27H32N4O5. The van der Waals surface area contributed by atoms with Crippen LogP contribution in [0.15, 0.2) is 36.4 Å². The summed E-state index contributed by atoms with van der Waals surface area (Å²) in [6.07, 6.45) is 1.70. The third kappa shape index (κ3) is 4.63. The highest BCUT2D eigenvalue weighted by molar-refractivity contribution is 6.10. The van der Waals surface area contributed by atoms with Crippen LogP contribution in [-0.4, -0.2) is 61.1 Å². The topological polar surface area (TPSA) is 109 Å². The maximum atomic E-state index is 13.6. The van der Waals surface area contributed by atoms with Gasteiger partial charge in [0.25, 0.3) is 5.91 Å². The summed E-state index contributed by atoms with van der Waals surface area (Å²) in [6, 6.07) is 10.0. The number of carbonyl (C=O) groups is 3. The molecule has 3 aliphatic rings. The lowest BCUT2D eigenvalue weighted by Crippen LogP contribution is -2.56. The molecule has 9 nitrogen and oxygen atoms in total. The number of nitrogens with zero attached hydrogens (tertiary/aromatic N) is 1. The molecule has 2 aromatic carbocycles. The summed E-state index contributed by atoms with van der Waals surface area (Å²) in [5, 5.41) is 9.11. The molecule has 3 amide bonds. The van der Waals surface area contributed by atoms with Gasteiger partial charge < -0.3 is 30.3 Å². The maximum absolute atomic E-state index is 13.6. The number of hydrogen-bond acceptors (Lipinski definition) is 6. The van der Waals surface area contributed by atoms with E-state index < -0.39 is 6.04 Å². The van der Waals surface area contributed by atoms with E-state index in [9.17, 15) is 14.4 Å². The predicted octanol–water partition coefficient (Wildman–Crippen LogP) is 2.76. The molecule has 0 aromatic heterocycles. The summed E-state index contributed by atoms with van der Waals surface area (Å²) in [4.78, 5) is 41.2. The largest absolute Gasteiger partial charge is 0.454 e. The van der Waals surface area contributed by atoms with Crippen LogP contribution in [0.2, 0.25) is 0 Å². The first kappa shape index (κ1) is 24.1. The molecule has 0 spiro atoms. The Morgan fingerprint density at radius 1 is 1.11 bits per heavy atom. The van der Waals surface area contributed by atoms with Crippen LogP contribution >= 0.6 is 0 Å². The Morgan fingerprint density at radius 3 is 2.64 bits per heavy atom. The molecule has 36 heavy (non-hydrogen) atoms. The highest BCUT2D eigenvalue weighted by atomic mass is 16.7. The highest BCUT2D eigenvalue weighted by Gasteiger charge is 2.40. The van der Waals surface area contributed by atoms with Crippen molar-refractivity contribution >= 4 is 23.4 Å². The number of piperidine rings is 1. The van der Waals surface area contributed by atoms with Gasteiger partial charge in [0.15, 0.2) is 11.5 Å². The Bertz CT molecular complexity index is 1200. The first-order valence-corrected chi connectivity index (χ1v) is 12.5. The Hall–Kier alpha value is -3.59. The number of hydrogen-bond donors (Lipinski definition) is 3. The molecule has 3 unspecified atom stereocenters. The fraction of sp³-hybridized carbons (Fsp3) is 0.444. The van der Waals surface area contributed by atoms with Gasteiger partial charge in [0.05, 0.1) is 17.3 Å². The molecule has 2 aromatic rings. The Morgan fingerprint density at radius 2 is 1.86 bits per heavy atom. The minimum atomic E-state index is -0.643. The zero-order valence-corrected chi connectivity index (χ0v) is 20.8. The molecule has 9 heteroatoms. The number of likely N-dealkylation sites (N-methyl/N-ethyl adjacent to an activating group) is 1. The fourth-order valence-electron chi connectivity index (χ4n) is 5.17. The van der Waals surface area contributed by atoms with Crippen LogP contribution < -0.4 is 25.4 Å². The fourth-order valence-corrected chi connectivity index (χ4v) is 5.17. The number of carbonyl (C=O) groups excluding carboxylic acids is 3. The molecule has 3 N–H and O–H groups in total. The second-order valence-electron chi connectivity index (χ2n) is 10.0. The van der Waals surface area contributed by atoms with Gasteiger partial charge >= 0.3 is 0 Å². The summed E-state index contributed by atoms with van der Waals surface area (Å²) in [5.41, 5.74) is 2.69. The number of nitrogens with one attached hydrogen (secondary N) is 3. The Labute approximate surface area is 210 Å². The average Bonchev–Trinajstić information content (AvgIpc) is 3.31. The Kier molecular flexibility index (Phi) is 6.57. The molecular weight excluding hydrogens is 460 g/mol. The van der Waals surface area contributed by atoms with Gasteiger partial charge in [-0.25, -0.2) is 0 Å². The minimum Gasteiger partial charge on any atom is -0.454 e. The van der Waals surface area contributed by atoms with Crippen molar-refractivity contribution in [3.8, 4) is 22.6 Å². The summed E-state index contributed by atoms with van der Waals surface area (Å²) in [7, 11) is 1.78. The molecule has 3 aliphatic heterocycles. The minimum absolute atomic E-state index is 0.0679. The summed E-state index contributed by atoms with van der Waals surface area (Å²) >= 11 is 0. The van der Waals surface area contributed by atoms with Gasteiger partial charge in [0, 0.05) is 12.6 Å². The van der Waals surface area contributed by atoms with Crippen molar-refractivity contribution in [3.05, 3.63) is 42.0 Å². The van der Waals surface area contributed by atoms with E-state index in [-0.39, 0.29) is 36.6 Å². The number of amides is 3. The third-order valence-electron chi connectivity index (χ3n) is 7.10. The van der Waals surface area contributed by atoms with E-state index in [1.807, 2.05) is 30.3 Å². The molecule has 5 rings (SSSR count). The summed E-state index contributed by atoms with van der Waals surface area (Å²) < 4.78 is 10.9. The van der Waals surface area contributed by atoms with E-state index >= 15 is 0 Å². The average molecular weight is 493 g/mol. The summed E-state index contributed by atoms with van der Waals surface area (Å²) in [5.74, 6) is 1.25. The predicted molar refractivity (Wildman–Crippen MR) is 135 cm³/mol. The number of fused-ring (bicyclic) bond motifs is 3.